The van der Waals surface area contributed by atoms with Crippen molar-refractivity contribution in [3.05, 3.63) is 59.8 Å². The van der Waals surface area contributed by atoms with Crippen LogP contribution in [0.15, 0.2) is 48.7 Å². The first-order valence-corrected chi connectivity index (χ1v) is 7.10. The number of nitrogens with one attached hydrogen (secondary N) is 4. The maximum Gasteiger partial charge on any atom is 0.416 e. The third kappa shape index (κ3) is 3.53. The lowest BCUT2D eigenvalue weighted by atomic mass is 10.0. The molecule has 4 N–H and O–H groups in total. The van der Waals surface area contributed by atoms with Crippen LogP contribution in [0, 0.1) is 0 Å². The molecule has 2 unspecified atom stereocenters. The molecule has 3 rings (SSSR count). The van der Waals surface area contributed by atoms with Crippen LogP contribution in [-0.4, -0.2) is 16.9 Å². The highest BCUT2D eigenvalue weighted by atomic mass is 19.4. The number of rotatable bonds is 3. The van der Waals surface area contributed by atoms with Gasteiger partial charge in [0.05, 0.1) is 11.6 Å². The molecule has 1 saturated heterocycles. The van der Waals surface area contributed by atoms with E-state index in [0.29, 0.717) is 0 Å². The Morgan fingerprint density at radius 1 is 1.12 bits per heavy atom. The smallest absolute Gasteiger partial charge is 0.309 e. The molecule has 6 nitrogen and oxygen atoms in total. The fraction of sp³-hybridized carbons (Fsp3) is 0.200. The van der Waals surface area contributed by atoms with Gasteiger partial charge in [-0.3, -0.25) is 4.79 Å². The van der Waals surface area contributed by atoms with Crippen LogP contribution >= 0.6 is 0 Å². The molecule has 1 aliphatic heterocycles. The van der Waals surface area contributed by atoms with Crippen LogP contribution in [0.3, 0.4) is 0 Å². The standard InChI is InChI=1S/C15H14F3N5O/c16-15(17,18)10-6-7-19-11(8-10)20-14(24)13-12(21-23-22-13)9-4-2-1-3-5-9/h1-8,12-13,21-23H,(H,19,20,24). The summed E-state index contributed by atoms with van der Waals surface area (Å²) in [6.45, 7) is 0. The van der Waals surface area contributed by atoms with Crippen LogP contribution in [0.5, 0.6) is 0 Å². The Kier molecular flexibility index (Phi) is 4.47. The predicted molar refractivity (Wildman–Crippen MR) is 80.2 cm³/mol. The minimum absolute atomic E-state index is 0.157. The molecule has 1 aromatic heterocycles. The van der Waals surface area contributed by atoms with E-state index in [0.717, 1.165) is 23.9 Å². The van der Waals surface area contributed by atoms with Gasteiger partial charge < -0.3 is 5.32 Å². The maximum atomic E-state index is 12.7. The Balaban J connectivity index is 1.75. The quantitative estimate of drug-likeness (QED) is 0.687. The number of amides is 1. The van der Waals surface area contributed by atoms with Crippen molar-refractivity contribution >= 4 is 11.7 Å². The number of pyridine rings is 1. The van der Waals surface area contributed by atoms with Crippen molar-refractivity contribution in [1.29, 1.82) is 0 Å². The first kappa shape index (κ1) is 16.4. The molecule has 1 fully saturated rings. The molecule has 2 aromatic rings. The summed E-state index contributed by atoms with van der Waals surface area (Å²) in [5.41, 5.74) is 8.29. The molecule has 1 amide bonds. The lowest BCUT2D eigenvalue weighted by Gasteiger charge is -2.18. The summed E-state index contributed by atoms with van der Waals surface area (Å²) in [6, 6.07) is 9.74. The number of halogens is 3. The average molecular weight is 337 g/mol. The van der Waals surface area contributed by atoms with Crippen molar-refractivity contribution in [3.63, 3.8) is 0 Å². The molecule has 0 bridgehead atoms. The van der Waals surface area contributed by atoms with Crippen molar-refractivity contribution in [2.75, 3.05) is 5.32 Å². The van der Waals surface area contributed by atoms with Gasteiger partial charge in [0.1, 0.15) is 11.9 Å². The van der Waals surface area contributed by atoms with Crippen molar-refractivity contribution in [2.45, 2.75) is 18.3 Å². The number of hydrogen-bond donors (Lipinski definition) is 4. The summed E-state index contributed by atoms with van der Waals surface area (Å²) in [7, 11) is 0. The molecule has 2 atom stereocenters. The second-order valence-electron chi connectivity index (χ2n) is 5.20. The lowest BCUT2D eigenvalue weighted by molar-refractivity contribution is -0.137. The van der Waals surface area contributed by atoms with Gasteiger partial charge in [-0.25, -0.2) is 15.8 Å². The molecule has 1 aliphatic rings. The fourth-order valence-electron chi connectivity index (χ4n) is 2.40. The summed E-state index contributed by atoms with van der Waals surface area (Å²) in [6.07, 6.45) is -3.49. The van der Waals surface area contributed by atoms with E-state index < -0.39 is 23.7 Å². The van der Waals surface area contributed by atoms with Crippen LogP contribution in [0.2, 0.25) is 0 Å². The Hall–Kier alpha value is -2.49. The van der Waals surface area contributed by atoms with Crippen molar-refractivity contribution in [1.82, 2.24) is 21.4 Å². The molecule has 0 aliphatic carbocycles. The molecule has 1 aromatic carbocycles. The number of benzene rings is 1. The van der Waals surface area contributed by atoms with Crippen LogP contribution in [0.25, 0.3) is 0 Å². The summed E-state index contributed by atoms with van der Waals surface area (Å²) >= 11 is 0. The SMILES string of the molecule is O=C(Nc1cc(C(F)(F)F)ccn1)C1NNNC1c1ccccc1. The van der Waals surface area contributed by atoms with E-state index in [1.165, 1.54) is 0 Å². The molecule has 0 spiro atoms. The summed E-state index contributed by atoms with van der Waals surface area (Å²) < 4.78 is 38.2. The van der Waals surface area contributed by atoms with Crippen molar-refractivity contribution < 1.29 is 18.0 Å². The highest BCUT2D eigenvalue weighted by Gasteiger charge is 2.35. The number of anilines is 1. The van der Waals surface area contributed by atoms with Crippen LogP contribution < -0.4 is 21.7 Å². The summed E-state index contributed by atoms with van der Waals surface area (Å²) in [4.78, 5) is 16.1. The van der Waals surface area contributed by atoms with Gasteiger partial charge in [0, 0.05) is 6.20 Å². The predicted octanol–water partition coefficient (Wildman–Crippen LogP) is 1.76. The molecule has 126 valence electrons. The summed E-state index contributed by atoms with van der Waals surface area (Å²) in [5.74, 6) is -0.663. The molecule has 2 heterocycles. The number of nitrogens with zero attached hydrogens (tertiary/aromatic N) is 1. The van der Waals surface area contributed by atoms with Crippen molar-refractivity contribution in [3.8, 4) is 0 Å². The Labute approximate surface area is 135 Å². The van der Waals surface area contributed by atoms with E-state index in [9.17, 15) is 18.0 Å². The number of aromatic nitrogens is 1. The van der Waals surface area contributed by atoms with E-state index in [2.05, 4.69) is 26.7 Å². The Bertz CT molecular complexity index is 723. The number of hydrazine groups is 2. The molecule has 0 saturated carbocycles. The lowest BCUT2D eigenvalue weighted by Crippen LogP contribution is -2.41. The molecule has 9 heteroatoms. The van der Waals surface area contributed by atoms with Gasteiger partial charge in [0.15, 0.2) is 0 Å². The van der Waals surface area contributed by atoms with E-state index in [4.69, 9.17) is 0 Å². The van der Waals surface area contributed by atoms with Crippen LogP contribution in [0.4, 0.5) is 19.0 Å². The van der Waals surface area contributed by atoms with Crippen LogP contribution in [-0.2, 0) is 11.0 Å². The average Bonchev–Trinajstić information content (AvgIpc) is 3.05. The highest BCUT2D eigenvalue weighted by Crippen LogP contribution is 2.30. The van der Waals surface area contributed by atoms with Gasteiger partial charge in [0.2, 0.25) is 5.91 Å². The topological polar surface area (TPSA) is 78.1 Å². The zero-order valence-corrected chi connectivity index (χ0v) is 12.3. The Morgan fingerprint density at radius 3 is 2.58 bits per heavy atom. The van der Waals surface area contributed by atoms with E-state index in [-0.39, 0.29) is 11.9 Å². The number of carbonyl (C=O) groups is 1. The molecular weight excluding hydrogens is 323 g/mol. The van der Waals surface area contributed by atoms with Gasteiger partial charge in [-0.15, -0.1) is 0 Å². The zero-order chi connectivity index (χ0) is 17.2. The monoisotopic (exact) mass is 337 g/mol. The first-order valence-electron chi connectivity index (χ1n) is 7.10. The molecular formula is C15H14F3N5O. The van der Waals surface area contributed by atoms with Gasteiger partial charge in [-0.2, -0.15) is 18.7 Å². The normalized spacial score (nSPS) is 20.8. The van der Waals surface area contributed by atoms with Crippen LogP contribution in [0.1, 0.15) is 17.2 Å². The highest BCUT2D eigenvalue weighted by molar-refractivity contribution is 5.95. The van der Waals surface area contributed by atoms with Gasteiger partial charge in [-0.1, -0.05) is 30.3 Å². The second kappa shape index (κ2) is 6.56. The van der Waals surface area contributed by atoms with E-state index in [1.807, 2.05) is 30.3 Å². The zero-order valence-electron chi connectivity index (χ0n) is 12.3. The van der Waals surface area contributed by atoms with Gasteiger partial charge in [-0.05, 0) is 17.7 Å². The Morgan fingerprint density at radius 2 is 1.88 bits per heavy atom. The number of alkyl halides is 3. The number of hydrogen-bond acceptors (Lipinski definition) is 5. The minimum atomic E-state index is -4.50. The second-order valence-corrected chi connectivity index (χ2v) is 5.20. The maximum absolute atomic E-state index is 12.7. The minimum Gasteiger partial charge on any atom is -0.309 e. The van der Waals surface area contributed by atoms with Gasteiger partial charge >= 0.3 is 6.18 Å². The molecule has 0 radical (unpaired) electrons. The fourth-order valence-corrected chi connectivity index (χ4v) is 2.40. The molecule has 24 heavy (non-hydrogen) atoms. The largest absolute Gasteiger partial charge is 0.416 e. The van der Waals surface area contributed by atoms with E-state index >= 15 is 0 Å². The number of carbonyl (C=O) groups excluding carboxylic acids is 1. The van der Waals surface area contributed by atoms with E-state index in [1.54, 1.807) is 0 Å². The third-order valence-electron chi connectivity index (χ3n) is 3.57. The first-order chi connectivity index (χ1) is 11.4. The van der Waals surface area contributed by atoms with Crippen molar-refractivity contribution in [2.24, 2.45) is 0 Å². The third-order valence-corrected chi connectivity index (χ3v) is 3.57. The summed E-state index contributed by atoms with van der Waals surface area (Å²) in [5, 5.41) is 2.40. The van der Waals surface area contributed by atoms with Gasteiger partial charge in [0.25, 0.3) is 0 Å².